The molecule has 0 bridgehead atoms. The SMILES string of the molecule is C[C@H]1CCCC[C@H]1N=CC1C(=O)N(c2ccc(Cl)cn2)C(=O)c2ccccc21. The van der Waals surface area contributed by atoms with Gasteiger partial charge in [0.1, 0.15) is 5.82 Å². The molecule has 1 saturated carbocycles. The van der Waals surface area contributed by atoms with Gasteiger partial charge in [0.05, 0.1) is 17.0 Å². The zero-order valence-electron chi connectivity index (χ0n) is 15.7. The first-order valence-electron chi connectivity index (χ1n) is 9.68. The smallest absolute Gasteiger partial charge is 0.266 e. The van der Waals surface area contributed by atoms with E-state index in [1.165, 1.54) is 19.0 Å². The van der Waals surface area contributed by atoms with Crippen molar-refractivity contribution in [3.05, 3.63) is 58.7 Å². The van der Waals surface area contributed by atoms with Crippen LogP contribution in [-0.2, 0) is 4.79 Å². The monoisotopic (exact) mass is 395 g/mol. The van der Waals surface area contributed by atoms with E-state index in [2.05, 4.69) is 11.9 Å². The molecule has 1 aromatic carbocycles. The van der Waals surface area contributed by atoms with Crippen molar-refractivity contribution in [1.82, 2.24) is 4.98 Å². The predicted molar refractivity (Wildman–Crippen MR) is 110 cm³/mol. The van der Waals surface area contributed by atoms with E-state index in [-0.39, 0.29) is 23.7 Å². The van der Waals surface area contributed by atoms with Gasteiger partial charge in [0.2, 0.25) is 5.91 Å². The molecule has 1 aromatic heterocycles. The number of halogens is 1. The van der Waals surface area contributed by atoms with Crippen LogP contribution in [0.25, 0.3) is 0 Å². The lowest BCUT2D eigenvalue weighted by Gasteiger charge is -2.31. The third kappa shape index (κ3) is 3.47. The molecule has 1 fully saturated rings. The predicted octanol–water partition coefficient (Wildman–Crippen LogP) is 4.66. The van der Waals surface area contributed by atoms with Crippen molar-refractivity contribution in [1.29, 1.82) is 0 Å². The number of hydrogen-bond acceptors (Lipinski definition) is 4. The molecule has 6 heteroatoms. The van der Waals surface area contributed by atoms with Crippen molar-refractivity contribution in [3.8, 4) is 0 Å². The molecule has 2 aromatic rings. The molecule has 5 nitrogen and oxygen atoms in total. The molecule has 1 aliphatic heterocycles. The first-order valence-corrected chi connectivity index (χ1v) is 10.1. The van der Waals surface area contributed by atoms with E-state index < -0.39 is 5.92 Å². The van der Waals surface area contributed by atoms with Crippen LogP contribution in [0, 0.1) is 5.92 Å². The molecule has 1 unspecified atom stereocenters. The fourth-order valence-corrected chi connectivity index (χ4v) is 4.14. The van der Waals surface area contributed by atoms with Crippen LogP contribution < -0.4 is 4.90 Å². The summed E-state index contributed by atoms with van der Waals surface area (Å²) in [6, 6.07) is 10.7. The third-order valence-electron chi connectivity index (χ3n) is 5.65. The summed E-state index contributed by atoms with van der Waals surface area (Å²) in [4.78, 5) is 36.4. The highest BCUT2D eigenvalue weighted by atomic mass is 35.5. The standard InChI is InChI=1S/C22H22ClN3O2/c1-14-6-2-5-9-19(14)24-13-18-16-7-3-4-8-17(16)21(27)26(22(18)28)20-11-10-15(23)12-25-20/h3-4,7-8,10-14,18-19H,2,5-6,9H2,1H3/t14-,18?,19+/m0/s1. The Morgan fingerprint density at radius 1 is 1.14 bits per heavy atom. The lowest BCUT2D eigenvalue weighted by molar-refractivity contribution is -0.118. The lowest BCUT2D eigenvalue weighted by atomic mass is 9.85. The zero-order valence-corrected chi connectivity index (χ0v) is 16.5. The van der Waals surface area contributed by atoms with Crippen molar-refractivity contribution in [2.45, 2.75) is 44.6 Å². The number of fused-ring (bicyclic) bond motifs is 1. The fourth-order valence-electron chi connectivity index (χ4n) is 4.03. The molecule has 0 saturated heterocycles. The number of carbonyl (C=O) groups is 2. The van der Waals surface area contributed by atoms with E-state index in [0.29, 0.717) is 22.1 Å². The van der Waals surface area contributed by atoms with Gasteiger partial charge in [-0.05, 0) is 42.5 Å². The van der Waals surface area contributed by atoms with Crippen molar-refractivity contribution in [2.24, 2.45) is 10.9 Å². The third-order valence-corrected chi connectivity index (χ3v) is 5.87. The van der Waals surface area contributed by atoms with Crippen molar-refractivity contribution in [3.63, 3.8) is 0 Å². The van der Waals surface area contributed by atoms with E-state index in [4.69, 9.17) is 16.6 Å². The van der Waals surface area contributed by atoms with Crippen LogP contribution in [0.3, 0.4) is 0 Å². The van der Waals surface area contributed by atoms with Crippen LogP contribution in [0.1, 0.15) is 54.4 Å². The fraction of sp³-hybridized carbons (Fsp3) is 0.364. The molecule has 28 heavy (non-hydrogen) atoms. The van der Waals surface area contributed by atoms with Gasteiger partial charge < -0.3 is 0 Å². The van der Waals surface area contributed by atoms with Crippen molar-refractivity contribution >= 4 is 35.4 Å². The molecular weight excluding hydrogens is 374 g/mol. The quantitative estimate of drug-likeness (QED) is 0.561. The van der Waals surface area contributed by atoms with Crippen LogP contribution >= 0.6 is 11.6 Å². The molecule has 3 atom stereocenters. The molecule has 2 heterocycles. The van der Waals surface area contributed by atoms with Gasteiger partial charge in [-0.25, -0.2) is 9.88 Å². The van der Waals surface area contributed by atoms with Gasteiger partial charge in [-0.3, -0.25) is 14.6 Å². The van der Waals surface area contributed by atoms with Crippen LogP contribution in [0.5, 0.6) is 0 Å². The van der Waals surface area contributed by atoms with Gasteiger partial charge >= 0.3 is 0 Å². The van der Waals surface area contributed by atoms with Gasteiger partial charge in [-0.2, -0.15) is 0 Å². The van der Waals surface area contributed by atoms with Crippen LogP contribution in [-0.4, -0.2) is 29.1 Å². The van der Waals surface area contributed by atoms with Gasteiger partial charge in [0.15, 0.2) is 0 Å². The minimum atomic E-state index is -0.597. The van der Waals surface area contributed by atoms with E-state index in [1.807, 2.05) is 12.1 Å². The second-order valence-corrected chi connectivity index (χ2v) is 7.94. The highest BCUT2D eigenvalue weighted by Gasteiger charge is 2.39. The summed E-state index contributed by atoms with van der Waals surface area (Å²) in [6.07, 6.45) is 7.79. The summed E-state index contributed by atoms with van der Waals surface area (Å²) in [5.41, 5.74) is 1.21. The highest BCUT2D eigenvalue weighted by Crippen LogP contribution is 2.32. The molecule has 0 radical (unpaired) electrons. The Hall–Kier alpha value is -2.53. The maximum absolute atomic E-state index is 13.3. The van der Waals surface area contributed by atoms with Crippen LogP contribution in [0.2, 0.25) is 5.02 Å². The molecule has 0 spiro atoms. The minimum absolute atomic E-state index is 0.230. The topological polar surface area (TPSA) is 62.6 Å². The van der Waals surface area contributed by atoms with Crippen molar-refractivity contribution < 1.29 is 9.59 Å². The van der Waals surface area contributed by atoms with Gasteiger partial charge in [-0.1, -0.05) is 49.6 Å². The number of aliphatic imine (C=N–C) groups is 1. The average molecular weight is 396 g/mol. The summed E-state index contributed by atoms with van der Waals surface area (Å²) in [5, 5.41) is 0.449. The normalized spacial score (nSPS) is 25.2. The number of benzene rings is 1. The zero-order chi connectivity index (χ0) is 19.7. The number of amides is 2. The molecular formula is C22H22ClN3O2. The molecule has 2 aliphatic rings. The summed E-state index contributed by atoms with van der Waals surface area (Å²) in [6.45, 7) is 2.21. The summed E-state index contributed by atoms with van der Waals surface area (Å²) >= 11 is 5.91. The molecule has 1 aliphatic carbocycles. The van der Waals surface area contributed by atoms with Crippen LogP contribution in [0.4, 0.5) is 5.82 Å². The maximum atomic E-state index is 13.3. The van der Waals surface area contributed by atoms with E-state index in [9.17, 15) is 9.59 Å². The Labute approximate surface area is 169 Å². The molecule has 4 rings (SSSR count). The van der Waals surface area contributed by atoms with Gasteiger partial charge in [-0.15, -0.1) is 0 Å². The molecule has 144 valence electrons. The Bertz CT molecular complexity index is 926. The van der Waals surface area contributed by atoms with Gasteiger partial charge in [0, 0.05) is 18.0 Å². The van der Waals surface area contributed by atoms with Crippen molar-refractivity contribution in [2.75, 3.05) is 4.90 Å². The number of hydrogen-bond donors (Lipinski definition) is 0. The van der Waals surface area contributed by atoms with Crippen LogP contribution in [0.15, 0.2) is 47.6 Å². The van der Waals surface area contributed by atoms with Gasteiger partial charge in [0.25, 0.3) is 5.91 Å². The minimum Gasteiger partial charge on any atom is -0.293 e. The average Bonchev–Trinajstić information content (AvgIpc) is 2.71. The Morgan fingerprint density at radius 2 is 1.93 bits per heavy atom. The Morgan fingerprint density at radius 3 is 2.68 bits per heavy atom. The largest absolute Gasteiger partial charge is 0.293 e. The summed E-state index contributed by atoms with van der Waals surface area (Å²) < 4.78 is 0. The Kier molecular flexibility index (Phi) is 5.27. The first kappa shape index (κ1) is 18.8. The number of aromatic nitrogens is 1. The summed E-state index contributed by atoms with van der Waals surface area (Å²) in [5.74, 6) is -0.509. The second kappa shape index (κ2) is 7.84. The number of rotatable bonds is 3. The number of pyridine rings is 1. The van der Waals surface area contributed by atoms with E-state index >= 15 is 0 Å². The maximum Gasteiger partial charge on any atom is 0.266 e. The summed E-state index contributed by atoms with van der Waals surface area (Å²) in [7, 11) is 0. The number of carbonyl (C=O) groups excluding carboxylic acids is 2. The number of anilines is 1. The number of imide groups is 1. The second-order valence-electron chi connectivity index (χ2n) is 7.51. The Balaban J connectivity index is 1.72. The van der Waals surface area contributed by atoms with E-state index in [0.717, 1.165) is 17.7 Å². The number of nitrogens with zero attached hydrogens (tertiary/aromatic N) is 3. The first-order chi connectivity index (χ1) is 13.6. The molecule has 2 amide bonds. The lowest BCUT2D eigenvalue weighted by Crippen LogP contribution is -2.46. The highest BCUT2D eigenvalue weighted by molar-refractivity contribution is 6.31. The van der Waals surface area contributed by atoms with E-state index in [1.54, 1.807) is 30.5 Å². The molecule has 0 N–H and O–H groups in total.